The molecule has 0 heterocycles. The highest BCUT2D eigenvalue weighted by molar-refractivity contribution is 6.42. The van der Waals surface area contributed by atoms with E-state index in [9.17, 15) is 14.9 Å². The molecule has 98 valence electrons. The molecule has 1 unspecified atom stereocenters. The van der Waals surface area contributed by atoms with Gasteiger partial charge in [0.05, 0.1) is 21.4 Å². The average Bonchev–Trinajstić information content (AvgIpc) is 2.21. The van der Waals surface area contributed by atoms with Gasteiger partial charge in [-0.15, -0.1) is 0 Å². The Morgan fingerprint density at radius 3 is 2.56 bits per heavy atom. The third-order valence-corrected chi connectivity index (χ3v) is 2.84. The molecule has 8 heteroatoms. The van der Waals surface area contributed by atoms with Crippen molar-refractivity contribution in [2.24, 2.45) is 0 Å². The molecule has 0 aromatic heterocycles. The number of benzene rings is 1. The molecule has 1 atom stereocenters. The van der Waals surface area contributed by atoms with Crippen molar-refractivity contribution in [3.8, 4) is 0 Å². The van der Waals surface area contributed by atoms with Crippen LogP contribution in [0.3, 0.4) is 0 Å². The molecule has 1 rings (SSSR count). The Balaban J connectivity index is 3.03. The Kier molecular flexibility index (Phi) is 4.75. The number of carbonyl (C=O) groups is 1. The van der Waals surface area contributed by atoms with Crippen LogP contribution in [0, 0.1) is 10.1 Å². The molecule has 0 saturated carbocycles. The number of hydrogen-bond donors (Lipinski definition) is 2. The minimum Gasteiger partial charge on any atom is -0.481 e. The number of nitrogens with one attached hydrogen (secondary N) is 1. The van der Waals surface area contributed by atoms with Gasteiger partial charge in [-0.05, 0) is 13.0 Å². The van der Waals surface area contributed by atoms with Crippen LogP contribution in [0.1, 0.15) is 13.3 Å². The highest BCUT2D eigenvalue weighted by Gasteiger charge is 2.19. The SMILES string of the molecule is CC(CC(=O)O)Nc1cc(Cl)c(Cl)cc1[N+](=O)[O-]. The number of hydrogen-bond acceptors (Lipinski definition) is 4. The largest absolute Gasteiger partial charge is 0.481 e. The van der Waals surface area contributed by atoms with E-state index in [1.54, 1.807) is 6.92 Å². The van der Waals surface area contributed by atoms with E-state index < -0.39 is 16.9 Å². The lowest BCUT2D eigenvalue weighted by molar-refractivity contribution is -0.384. The van der Waals surface area contributed by atoms with Gasteiger partial charge < -0.3 is 10.4 Å². The van der Waals surface area contributed by atoms with Gasteiger partial charge in [-0.2, -0.15) is 0 Å². The maximum atomic E-state index is 10.8. The number of aliphatic carboxylic acids is 1. The van der Waals surface area contributed by atoms with Gasteiger partial charge in [0.2, 0.25) is 0 Å². The Bertz CT molecular complexity index is 493. The van der Waals surface area contributed by atoms with Gasteiger partial charge in [-0.3, -0.25) is 14.9 Å². The highest BCUT2D eigenvalue weighted by Crippen LogP contribution is 2.34. The molecule has 0 aliphatic carbocycles. The summed E-state index contributed by atoms with van der Waals surface area (Å²) in [5, 5.41) is 22.4. The number of halogens is 2. The van der Waals surface area contributed by atoms with Crippen molar-refractivity contribution in [2.75, 3.05) is 5.32 Å². The zero-order chi connectivity index (χ0) is 13.9. The molecule has 0 fully saturated rings. The van der Waals surface area contributed by atoms with Crippen molar-refractivity contribution in [3.63, 3.8) is 0 Å². The number of nitro groups is 1. The molecule has 1 aromatic carbocycles. The molecule has 0 radical (unpaired) electrons. The minimum absolute atomic E-state index is 0.0693. The highest BCUT2D eigenvalue weighted by atomic mass is 35.5. The third kappa shape index (κ3) is 3.75. The fourth-order valence-electron chi connectivity index (χ4n) is 1.38. The summed E-state index contributed by atoms with van der Waals surface area (Å²) < 4.78 is 0. The molecule has 0 amide bonds. The van der Waals surface area contributed by atoms with Crippen molar-refractivity contribution in [2.45, 2.75) is 19.4 Å². The van der Waals surface area contributed by atoms with Crippen molar-refractivity contribution in [1.82, 2.24) is 0 Å². The minimum atomic E-state index is -1.00. The molecule has 6 nitrogen and oxygen atoms in total. The van der Waals surface area contributed by atoms with Crippen LogP contribution in [0.15, 0.2) is 12.1 Å². The third-order valence-electron chi connectivity index (χ3n) is 2.12. The molecule has 0 saturated heterocycles. The zero-order valence-electron chi connectivity index (χ0n) is 9.31. The first kappa shape index (κ1) is 14.5. The second kappa shape index (κ2) is 5.88. The number of rotatable bonds is 5. The molecule has 0 spiro atoms. The Morgan fingerprint density at radius 2 is 2.06 bits per heavy atom. The summed E-state index contributed by atoms with van der Waals surface area (Å²) in [6.07, 6.45) is -0.169. The first-order valence-corrected chi connectivity index (χ1v) is 5.68. The van der Waals surface area contributed by atoms with Crippen molar-refractivity contribution < 1.29 is 14.8 Å². The second-order valence-corrected chi connectivity index (χ2v) is 4.50. The number of nitrogens with zero attached hydrogens (tertiary/aromatic N) is 1. The maximum absolute atomic E-state index is 10.8. The summed E-state index contributed by atoms with van der Waals surface area (Å²) in [6.45, 7) is 1.60. The predicted molar refractivity (Wildman–Crippen MR) is 68.5 cm³/mol. The van der Waals surface area contributed by atoms with Gasteiger partial charge in [0.25, 0.3) is 5.69 Å². The number of anilines is 1. The molecule has 0 bridgehead atoms. The van der Waals surface area contributed by atoms with Crippen LogP contribution in [0.4, 0.5) is 11.4 Å². The van der Waals surface area contributed by atoms with Gasteiger partial charge in [0.1, 0.15) is 5.69 Å². The Labute approximate surface area is 113 Å². The smallest absolute Gasteiger partial charge is 0.305 e. The molecule has 0 aliphatic rings. The summed E-state index contributed by atoms with van der Waals surface area (Å²) in [6, 6.07) is 1.96. The van der Waals surface area contributed by atoms with Gasteiger partial charge in [-0.25, -0.2) is 0 Å². The first-order valence-electron chi connectivity index (χ1n) is 4.93. The van der Waals surface area contributed by atoms with E-state index in [4.69, 9.17) is 28.3 Å². The van der Waals surface area contributed by atoms with E-state index in [-0.39, 0.29) is 27.8 Å². The summed E-state index contributed by atoms with van der Waals surface area (Å²) in [7, 11) is 0. The number of carboxylic acids is 1. The van der Waals surface area contributed by atoms with Crippen molar-refractivity contribution in [1.29, 1.82) is 0 Å². The van der Waals surface area contributed by atoms with Crippen LogP contribution in [-0.2, 0) is 4.79 Å². The predicted octanol–water partition coefficient (Wildman–Crippen LogP) is 3.18. The lowest BCUT2D eigenvalue weighted by Gasteiger charge is -2.13. The van der Waals surface area contributed by atoms with E-state index in [1.807, 2.05) is 0 Å². The van der Waals surface area contributed by atoms with E-state index in [1.165, 1.54) is 6.07 Å². The summed E-state index contributed by atoms with van der Waals surface area (Å²) in [5.74, 6) is -1.00. The van der Waals surface area contributed by atoms with Crippen LogP contribution in [0.5, 0.6) is 0 Å². The fourth-order valence-corrected chi connectivity index (χ4v) is 1.70. The van der Waals surface area contributed by atoms with E-state index in [2.05, 4.69) is 5.32 Å². The number of carboxylic acid groups (broad SMARTS) is 1. The van der Waals surface area contributed by atoms with Crippen LogP contribution in [-0.4, -0.2) is 22.0 Å². The van der Waals surface area contributed by atoms with Gasteiger partial charge in [-0.1, -0.05) is 23.2 Å². The van der Waals surface area contributed by atoms with Crippen LogP contribution < -0.4 is 5.32 Å². The molecule has 0 aliphatic heterocycles. The zero-order valence-corrected chi connectivity index (χ0v) is 10.8. The van der Waals surface area contributed by atoms with E-state index >= 15 is 0 Å². The molecule has 18 heavy (non-hydrogen) atoms. The Morgan fingerprint density at radius 1 is 1.50 bits per heavy atom. The normalized spacial score (nSPS) is 11.9. The first-order chi connectivity index (χ1) is 8.31. The summed E-state index contributed by atoms with van der Waals surface area (Å²) in [5.41, 5.74) is -0.107. The van der Waals surface area contributed by atoms with Gasteiger partial charge in [0.15, 0.2) is 0 Å². The van der Waals surface area contributed by atoms with E-state index in [0.29, 0.717) is 0 Å². The molecule has 2 N–H and O–H groups in total. The number of nitro benzene ring substituents is 1. The van der Waals surface area contributed by atoms with Crippen LogP contribution in [0.2, 0.25) is 10.0 Å². The van der Waals surface area contributed by atoms with Crippen molar-refractivity contribution in [3.05, 3.63) is 32.3 Å². The van der Waals surface area contributed by atoms with Crippen LogP contribution >= 0.6 is 23.2 Å². The fraction of sp³-hybridized carbons (Fsp3) is 0.300. The topological polar surface area (TPSA) is 92.5 Å². The van der Waals surface area contributed by atoms with Gasteiger partial charge >= 0.3 is 5.97 Å². The summed E-state index contributed by atoms with van der Waals surface area (Å²) >= 11 is 11.5. The Hall–Kier alpha value is -1.53. The lowest BCUT2D eigenvalue weighted by atomic mass is 10.2. The molecular weight excluding hydrogens is 283 g/mol. The van der Waals surface area contributed by atoms with Crippen molar-refractivity contribution >= 4 is 40.5 Å². The quantitative estimate of drug-likeness (QED) is 0.642. The molecule has 1 aromatic rings. The van der Waals surface area contributed by atoms with E-state index in [0.717, 1.165) is 6.07 Å². The molecular formula is C10H10Cl2N2O4. The average molecular weight is 293 g/mol. The monoisotopic (exact) mass is 292 g/mol. The van der Waals surface area contributed by atoms with Gasteiger partial charge in [0, 0.05) is 12.1 Å². The summed E-state index contributed by atoms with van der Waals surface area (Å²) in [4.78, 5) is 20.7. The standard InChI is InChI=1S/C10H10Cl2N2O4/c1-5(2-10(15)16)13-8-3-6(11)7(12)4-9(8)14(17)18/h3-5,13H,2H2,1H3,(H,15,16). The second-order valence-electron chi connectivity index (χ2n) is 3.68. The van der Waals surface area contributed by atoms with Crippen LogP contribution in [0.25, 0.3) is 0 Å². The lowest BCUT2D eigenvalue weighted by Crippen LogP contribution is -2.19. The maximum Gasteiger partial charge on any atom is 0.305 e.